The molecule has 1 N–H and O–H groups in total. The van der Waals surface area contributed by atoms with E-state index in [-0.39, 0.29) is 11.5 Å². The number of nitrogens with one attached hydrogen (secondary N) is 1. The zero-order chi connectivity index (χ0) is 18.4. The summed E-state index contributed by atoms with van der Waals surface area (Å²) in [6.07, 6.45) is 0.0259. The Morgan fingerprint density at radius 2 is 1.72 bits per heavy atom. The molecule has 0 bridgehead atoms. The van der Waals surface area contributed by atoms with Gasteiger partial charge in [-0.1, -0.05) is 55.8 Å². The number of hydrogen-bond acceptors (Lipinski definition) is 3. The molecule has 0 fully saturated rings. The number of esters is 1. The van der Waals surface area contributed by atoms with Crippen molar-refractivity contribution < 1.29 is 14.3 Å². The molecule has 0 aliphatic heterocycles. The predicted octanol–water partition coefficient (Wildman–Crippen LogP) is 5.04. The van der Waals surface area contributed by atoms with E-state index in [4.69, 9.17) is 16.3 Å². The van der Waals surface area contributed by atoms with Crippen LogP contribution in [0.1, 0.15) is 49.0 Å². The summed E-state index contributed by atoms with van der Waals surface area (Å²) in [4.78, 5) is 24.6. The molecule has 0 heterocycles. The lowest BCUT2D eigenvalue weighted by molar-refractivity contribution is -0.123. The lowest BCUT2D eigenvalue weighted by Crippen LogP contribution is -2.30. The van der Waals surface area contributed by atoms with Crippen molar-refractivity contribution >= 4 is 29.2 Å². The number of amides is 1. The number of hydrogen-bond donors (Lipinski definition) is 1. The van der Waals surface area contributed by atoms with Crippen LogP contribution in [0.5, 0.6) is 0 Å². The van der Waals surface area contributed by atoms with Gasteiger partial charge in [-0.05, 0) is 43.0 Å². The van der Waals surface area contributed by atoms with Crippen molar-refractivity contribution in [3.8, 4) is 0 Å². The first-order valence-electron chi connectivity index (χ1n) is 8.29. The SMILES string of the molecule is CC[C@H](C)c1ccccc1NC(=O)[C@H](C)OC(=O)c1ccccc1Cl. The third-order valence-electron chi connectivity index (χ3n) is 4.11. The molecule has 0 radical (unpaired) electrons. The molecule has 2 aromatic rings. The highest BCUT2D eigenvalue weighted by molar-refractivity contribution is 6.33. The first kappa shape index (κ1) is 19.0. The first-order valence-corrected chi connectivity index (χ1v) is 8.67. The van der Waals surface area contributed by atoms with Crippen molar-refractivity contribution in [1.29, 1.82) is 0 Å². The molecule has 0 saturated carbocycles. The Bertz CT molecular complexity index is 760. The summed E-state index contributed by atoms with van der Waals surface area (Å²) in [7, 11) is 0. The lowest BCUT2D eigenvalue weighted by Gasteiger charge is -2.18. The van der Waals surface area contributed by atoms with E-state index in [2.05, 4.69) is 19.2 Å². The second kappa shape index (κ2) is 8.67. The van der Waals surface area contributed by atoms with Crippen LogP contribution in [-0.4, -0.2) is 18.0 Å². The number of para-hydroxylation sites is 1. The zero-order valence-electron chi connectivity index (χ0n) is 14.6. The van der Waals surface area contributed by atoms with Gasteiger partial charge in [0.1, 0.15) is 0 Å². The van der Waals surface area contributed by atoms with Crippen LogP contribution in [0.4, 0.5) is 5.69 Å². The number of halogens is 1. The second-order valence-electron chi connectivity index (χ2n) is 5.91. The fourth-order valence-corrected chi connectivity index (χ4v) is 2.61. The van der Waals surface area contributed by atoms with Crippen LogP contribution in [0.25, 0.3) is 0 Å². The van der Waals surface area contributed by atoms with E-state index in [0.717, 1.165) is 17.7 Å². The Hall–Kier alpha value is -2.33. The summed E-state index contributed by atoms with van der Waals surface area (Å²) in [5.74, 6) is -0.683. The van der Waals surface area contributed by atoms with Crippen molar-refractivity contribution in [3.05, 3.63) is 64.7 Å². The number of carbonyl (C=O) groups is 2. The molecule has 0 unspecified atom stereocenters. The van der Waals surface area contributed by atoms with Crippen molar-refractivity contribution in [1.82, 2.24) is 0 Å². The highest BCUT2D eigenvalue weighted by atomic mass is 35.5. The second-order valence-corrected chi connectivity index (χ2v) is 6.32. The lowest BCUT2D eigenvalue weighted by atomic mass is 9.97. The van der Waals surface area contributed by atoms with Gasteiger partial charge in [0.15, 0.2) is 6.10 Å². The molecule has 2 aromatic carbocycles. The highest BCUT2D eigenvalue weighted by Gasteiger charge is 2.21. The fourth-order valence-electron chi connectivity index (χ4n) is 2.40. The number of anilines is 1. The Labute approximate surface area is 153 Å². The third-order valence-corrected chi connectivity index (χ3v) is 4.44. The van der Waals surface area contributed by atoms with Gasteiger partial charge in [0.25, 0.3) is 5.91 Å². The number of rotatable bonds is 6. The van der Waals surface area contributed by atoms with Crippen molar-refractivity contribution in [2.75, 3.05) is 5.32 Å². The van der Waals surface area contributed by atoms with Crippen LogP contribution in [0, 0.1) is 0 Å². The van der Waals surface area contributed by atoms with Crippen molar-refractivity contribution in [2.24, 2.45) is 0 Å². The molecule has 2 atom stereocenters. The summed E-state index contributed by atoms with van der Waals surface area (Å²) in [6.45, 7) is 5.74. The van der Waals surface area contributed by atoms with E-state index in [1.807, 2.05) is 24.3 Å². The van der Waals surface area contributed by atoms with E-state index in [1.165, 1.54) is 6.92 Å². The van der Waals surface area contributed by atoms with Gasteiger partial charge in [-0.2, -0.15) is 0 Å². The van der Waals surface area contributed by atoms with Crippen molar-refractivity contribution in [2.45, 2.75) is 39.2 Å². The van der Waals surface area contributed by atoms with Crippen LogP contribution in [0.3, 0.4) is 0 Å². The Morgan fingerprint density at radius 3 is 2.40 bits per heavy atom. The highest BCUT2D eigenvalue weighted by Crippen LogP contribution is 2.26. The maximum atomic E-state index is 12.4. The van der Waals surface area contributed by atoms with E-state index < -0.39 is 12.1 Å². The van der Waals surface area contributed by atoms with Gasteiger partial charge < -0.3 is 10.1 Å². The minimum atomic E-state index is -0.936. The topological polar surface area (TPSA) is 55.4 Å². The fraction of sp³-hybridized carbons (Fsp3) is 0.300. The first-order chi connectivity index (χ1) is 11.9. The van der Waals surface area contributed by atoms with Crippen LogP contribution < -0.4 is 5.32 Å². The summed E-state index contributed by atoms with van der Waals surface area (Å²) >= 11 is 5.98. The van der Waals surface area contributed by atoms with E-state index in [1.54, 1.807) is 24.3 Å². The largest absolute Gasteiger partial charge is 0.449 e. The molecule has 0 spiro atoms. The summed E-state index contributed by atoms with van der Waals surface area (Å²) < 4.78 is 5.24. The average molecular weight is 360 g/mol. The van der Waals surface area contributed by atoms with Gasteiger partial charge in [0.05, 0.1) is 10.6 Å². The molecular weight excluding hydrogens is 338 g/mol. The van der Waals surface area contributed by atoms with Gasteiger partial charge in [0.2, 0.25) is 0 Å². The number of ether oxygens (including phenoxy) is 1. The van der Waals surface area contributed by atoms with Gasteiger partial charge in [0, 0.05) is 5.69 Å². The number of carbonyl (C=O) groups excluding carboxylic acids is 2. The van der Waals surface area contributed by atoms with Gasteiger partial charge in [-0.3, -0.25) is 4.79 Å². The van der Waals surface area contributed by atoms with Crippen LogP contribution >= 0.6 is 11.6 Å². The van der Waals surface area contributed by atoms with Crippen molar-refractivity contribution in [3.63, 3.8) is 0 Å². The zero-order valence-corrected chi connectivity index (χ0v) is 15.3. The quantitative estimate of drug-likeness (QED) is 0.735. The molecule has 5 heteroatoms. The van der Waals surface area contributed by atoms with Crippen LogP contribution in [-0.2, 0) is 9.53 Å². The molecule has 1 amide bonds. The predicted molar refractivity (Wildman–Crippen MR) is 100 cm³/mol. The maximum absolute atomic E-state index is 12.4. The Morgan fingerprint density at radius 1 is 1.08 bits per heavy atom. The van der Waals surface area contributed by atoms with E-state index in [9.17, 15) is 9.59 Å². The minimum Gasteiger partial charge on any atom is -0.449 e. The number of benzene rings is 2. The van der Waals surface area contributed by atoms with E-state index >= 15 is 0 Å². The van der Waals surface area contributed by atoms with Crippen LogP contribution in [0.15, 0.2) is 48.5 Å². The normalized spacial score (nSPS) is 13.0. The van der Waals surface area contributed by atoms with Gasteiger partial charge in [-0.15, -0.1) is 0 Å². The molecule has 0 saturated heterocycles. The van der Waals surface area contributed by atoms with Gasteiger partial charge in [-0.25, -0.2) is 4.79 Å². The molecule has 2 rings (SSSR count). The molecule has 25 heavy (non-hydrogen) atoms. The van der Waals surface area contributed by atoms with Crippen LogP contribution in [0.2, 0.25) is 5.02 Å². The molecule has 0 aromatic heterocycles. The monoisotopic (exact) mass is 359 g/mol. The molecule has 0 aliphatic rings. The minimum absolute atomic E-state index is 0.240. The summed E-state index contributed by atoms with van der Waals surface area (Å²) in [5.41, 5.74) is 2.04. The van der Waals surface area contributed by atoms with E-state index in [0.29, 0.717) is 10.9 Å². The standard InChI is InChI=1S/C20H22ClNO3/c1-4-13(2)15-9-6-8-12-18(15)22-19(23)14(3)25-20(24)16-10-5-7-11-17(16)21/h5-14H,4H2,1-3H3,(H,22,23)/t13-,14-/m0/s1. The Kier molecular flexibility index (Phi) is 6.59. The Balaban J connectivity index is 2.06. The van der Waals surface area contributed by atoms with Gasteiger partial charge >= 0.3 is 5.97 Å². The molecule has 132 valence electrons. The third kappa shape index (κ3) is 4.83. The maximum Gasteiger partial charge on any atom is 0.340 e. The average Bonchev–Trinajstić information content (AvgIpc) is 2.61. The molecule has 0 aliphatic carbocycles. The smallest absolute Gasteiger partial charge is 0.340 e. The summed E-state index contributed by atoms with van der Waals surface area (Å²) in [6, 6.07) is 14.2. The molecule has 4 nitrogen and oxygen atoms in total. The summed E-state index contributed by atoms with van der Waals surface area (Å²) in [5, 5.41) is 3.14. The molecular formula is C20H22ClNO3.